The van der Waals surface area contributed by atoms with Crippen molar-refractivity contribution in [3.63, 3.8) is 0 Å². The molecular weight excluding hydrogens is 1850 g/mol. The molecule has 5 aromatic carbocycles. The number of thiophene rings is 1. The van der Waals surface area contributed by atoms with Crippen molar-refractivity contribution < 1.29 is 124 Å². The van der Waals surface area contributed by atoms with E-state index in [1.807, 2.05) is 49.4 Å². The lowest BCUT2D eigenvalue weighted by Gasteiger charge is -2.42. The first-order valence-corrected chi connectivity index (χ1v) is 47.1. The summed E-state index contributed by atoms with van der Waals surface area (Å²) in [5.41, 5.74) is 12.4. The number of aromatic nitrogens is 7. The fourth-order valence-electron chi connectivity index (χ4n) is 14.9. The van der Waals surface area contributed by atoms with Crippen molar-refractivity contribution in [1.29, 1.82) is 0 Å². The van der Waals surface area contributed by atoms with E-state index in [-0.39, 0.29) is 97.3 Å². The number of hydrogen-bond donors (Lipinski definition) is 7. The van der Waals surface area contributed by atoms with Crippen molar-refractivity contribution in [3.8, 4) is 56.1 Å². The fourth-order valence-corrected chi connectivity index (χ4v) is 16.3. The maximum atomic E-state index is 14.7. The molecule has 0 aliphatic carbocycles. The summed E-state index contributed by atoms with van der Waals surface area (Å²) in [6, 6.07) is 28.5. The number of primary amides is 1. The van der Waals surface area contributed by atoms with Gasteiger partial charge in [-0.25, -0.2) is 38.6 Å². The Bertz CT molecular complexity index is 5500. The molecule has 0 bridgehead atoms. The smallest absolute Gasteiger partial charge is 0.345 e. The second-order valence-corrected chi connectivity index (χ2v) is 34.4. The van der Waals surface area contributed by atoms with Gasteiger partial charge in [-0.15, -0.1) is 16.4 Å². The molecule has 4 aromatic heterocycles. The van der Waals surface area contributed by atoms with Crippen LogP contribution in [0.15, 0.2) is 140 Å². The first-order chi connectivity index (χ1) is 67.4. The van der Waals surface area contributed by atoms with Gasteiger partial charge in [-0.05, 0) is 108 Å². The molecule has 748 valence electrons. The van der Waals surface area contributed by atoms with E-state index in [9.17, 15) is 47.9 Å². The molecular formula is C97H122ClFN15O24S+. The predicted molar refractivity (Wildman–Crippen MR) is 509 cm³/mol. The number of carbonyl (C=O) groups excluding carboxylic acids is 6. The van der Waals surface area contributed by atoms with Gasteiger partial charge in [0.15, 0.2) is 5.82 Å². The molecule has 0 saturated carbocycles. The fraction of sp³-hybridized carbons (Fsp3) is 0.464. The highest BCUT2D eigenvalue weighted by Crippen LogP contribution is 2.50. The summed E-state index contributed by atoms with van der Waals surface area (Å²) in [4.78, 5) is 125. The number of anilines is 1. The van der Waals surface area contributed by atoms with Gasteiger partial charge in [-0.3, -0.25) is 38.6 Å². The highest BCUT2D eigenvalue weighted by atomic mass is 35.5. The number of ether oxygens (including phenoxy) is 14. The zero-order chi connectivity index (χ0) is 98.7. The van der Waals surface area contributed by atoms with Crippen LogP contribution in [0.1, 0.15) is 73.2 Å². The monoisotopic (exact) mass is 1970 g/mol. The maximum absolute atomic E-state index is 14.7. The minimum Gasteiger partial charge on any atom is -0.496 e. The van der Waals surface area contributed by atoms with Crippen LogP contribution in [-0.4, -0.2) is 311 Å². The van der Waals surface area contributed by atoms with E-state index in [2.05, 4.69) is 58.5 Å². The number of methoxy groups -OCH3 is 1. The molecule has 2 aliphatic heterocycles. The van der Waals surface area contributed by atoms with E-state index in [1.54, 1.807) is 92.6 Å². The number of imide groups is 1. The number of hydrogen-bond acceptors (Lipinski definition) is 30. The van der Waals surface area contributed by atoms with Gasteiger partial charge in [0.25, 0.3) is 11.8 Å². The van der Waals surface area contributed by atoms with Gasteiger partial charge in [0, 0.05) is 79.1 Å². The number of carboxylic acids is 2. The van der Waals surface area contributed by atoms with Crippen LogP contribution in [0, 0.1) is 18.7 Å². The summed E-state index contributed by atoms with van der Waals surface area (Å²) in [6.45, 7) is 16.2. The predicted octanol–water partition coefficient (Wildman–Crippen LogP) is 8.85. The summed E-state index contributed by atoms with van der Waals surface area (Å²) in [5, 5.41) is 40.1. The Morgan fingerprint density at radius 3 is 1.91 bits per heavy atom. The Labute approximate surface area is 813 Å². The number of carbonyl (C=O) groups is 8. The molecule has 3 atom stereocenters. The number of benzene rings is 5. The number of nitrogens with two attached hydrogens (primary N) is 1. The SMILES string of the molecule is COc1ccccc1-c1nccc(COc2ccccc2C[C@@H](Oc2ncnc3sc(-c4ccc(F)cc4)c(-c4ccc(OCCN5CC[N+](C)(Cc6ccc(NC(=O)[C@H](CCCNC(N)=O)NC(=O)[C@@H](NC(=O)CCOCCN7C(=O)C=CC7=O)C(C)C)cc6COCc6cn(CCOCCOCCOCCOCCOCCOCCOCCOCCC(=O)O)nn6)CC5)c(Cl)c4C)c23)C(=O)O)n1. The summed E-state index contributed by atoms with van der Waals surface area (Å²) < 4.78 is 98.1. The van der Waals surface area contributed by atoms with Gasteiger partial charge in [0.1, 0.15) is 71.8 Å². The van der Waals surface area contributed by atoms with E-state index in [0.29, 0.717) is 230 Å². The minimum absolute atomic E-state index is 0.00160. The van der Waals surface area contributed by atoms with E-state index < -0.39 is 77.4 Å². The van der Waals surface area contributed by atoms with Crippen molar-refractivity contribution in [1.82, 2.24) is 60.7 Å². The third kappa shape index (κ3) is 34.7. The second-order valence-electron chi connectivity index (χ2n) is 33.0. The molecule has 7 amide bonds. The van der Waals surface area contributed by atoms with Crippen molar-refractivity contribution >= 4 is 86.3 Å². The van der Waals surface area contributed by atoms with E-state index in [4.69, 9.17) is 93.7 Å². The molecule has 1 fully saturated rings. The zero-order valence-corrected chi connectivity index (χ0v) is 80.2. The molecule has 0 spiro atoms. The number of halogens is 2. The summed E-state index contributed by atoms with van der Waals surface area (Å²) in [6.07, 6.45) is 5.57. The number of fused-ring (bicyclic) bond motifs is 1. The highest BCUT2D eigenvalue weighted by molar-refractivity contribution is 7.22. The Hall–Kier alpha value is -12.2. The second kappa shape index (κ2) is 56.8. The molecule has 6 heterocycles. The van der Waals surface area contributed by atoms with Crippen LogP contribution in [0.25, 0.3) is 43.2 Å². The minimum atomic E-state index is -1.48. The van der Waals surface area contributed by atoms with Crippen molar-refractivity contribution in [2.24, 2.45) is 11.7 Å². The van der Waals surface area contributed by atoms with Crippen LogP contribution >= 0.6 is 22.9 Å². The lowest BCUT2D eigenvalue weighted by molar-refractivity contribution is -0.926. The molecule has 11 rings (SSSR count). The van der Waals surface area contributed by atoms with Gasteiger partial charge < -0.3 is 108 Å². The number of piperazine rings is 1. The van der Waals surface area contributed by atoms with Crippen molar-refractivity contribution in [2.45, 2.75) is 104 Å². The van der Waals surface area contributed by atoms with Crippen LogP contribution < -0.4 is 45.9 Å². The van der Waals surface area contributed by atoms with Crippen molar-refractivity contribution in [2.75, 3.05) is 191 Å². The quantitative estimate of drug-likeness (QED) is 0.0106. The first kappa shape index (κ1) is 107. The molecule has 39 nitrogen and oxygen atoms in total. The molecule has 139 heavy (non-hydrogen) atoms. The van der Waals surface area contributed by atoms with Gasteiger partial charge in [-0.2, -0.15) is 0 Å². The Kier molecular flexibility index (Phi) is 43.8. The van der Waals surface area contributed by atoms with Crippen LogP contribution in [0.2, 0.25) is 5.02 Å². The Morgan fingerprint density at radius 1 is 0.626 bits per heavy atom. The number of likely N-dealkylation sites (N-methyl/N-ethyl adjacent to an activating group) is 1. The number of quaternary nitrogens is 1. The molecule has 1 saturated heterocycles. The molecule has 42 heteroatoms. The Balaban J connectivity index is 0.691. The summed E-state index contributed by atoms with van der Waals surface area (Å²) >= 11 is 8.67. The van der Waals surface area contributed by atoms with Crippen LogP contribution in [-0.2, 0) is 120 Å². The number of aliphatic carboxylic acids is 2. The average molecular weight is 1970 g/mol. The van der Waals surface area contributed by atoms with Crippen LogP contribution in [0.3, 0.4) is 0 Å². The van der Waals surface area contributed by atoms with E-state index in [0.717, 1.165) is 29.1 Å². The van der Waals surface area contributed by atoms with Crippen molar-refractivity contribution in [3.05, 3.63) is 185 Å². The number of carboxylic acid groups (broad SMARTS) is 2. The molecule has 2 aliphatic rings. The van der Waals surface area contributed by atoms with Crippen LogP contribution in [0.5, 0.6) is 23.1 Å². The van der Waals surface area contributed by atoms with Gasteiger partial charge in [-0.1, -0.05) is 85.3 Å². The molecule has 9 aromatic rings. The third-order valence-corrected chi connectivity index (χ3v) is 24.1. The van der Waals surface area contributed by atoms with E-state index in [1.165, 1.54) is 41.9 Å². The van der Waals surface area contributed by atoms with Gasteiger partial charge in [0.05, 0.1) is 207 Å². The van der Waals surface area contributed by atoms with Gasteiger partial charge in [0.2, 0.25) is 29.7 Å². The number of nitrogens with zero attached hydrogens (tertiary/aromatic N) is 10. The molecule has 0 unspecified atom stereocenters. The number of rotatable bonds is 65. The first-order valence-electron chi connectivity index (χ1n) is 45.9. The van der Waals surface area contributed by atoms with Crippen LogP contribution in [0.4, 0.5) is 14.9 Å². The Morgan fingerprint density at radius 2 is 1.26 bits per heavy atom. The number of urea groups is 1. The summed E-state index contributed by atoms with van der Waals surface area (Å²) in [5.74, 6) is -3.76. The third-order valence-electron chi connectivity index (χ3n) is 22.5. The normalized spacial score (nSPS) is 13.8. The largest absolute Gasteiger partial charge is 0.496 e. The average Bonchev–Trinajstić information content (AvgIpc) is 1.60. The van der Waals surface area contributed by atoms with Gasteiger partial charge >= 0.3 is 18.0 Å². The number of amides is 7. The summed E-state index contributed by atoms with van der Waals surface area (Å²) in [7, 11) is 3.77. The van der Waals surface area contributed by atoms with E-state index >= 15 is 0 Å². The highest BCUT2D eigenvalue weighted by Gasteiger charge is 2.35. The standard InChI is InChI=1S/C97H121ClFN15O24S/c1-65(2)89(108-82(115)27-38-126-41-35-113-83(116)24-25-84(113)117)93(121)107-77(13-10-29-102-97(100)124)92(120)106-72-21-18-69(70(57-72)61-135-62-74-59-112(110-109-74)34-40-128-44-46-130-48-50-132-52-54-134-56-55-133-53-51-131-49-47-129-45-43-127-39-28-85(118)119)60-114(4)36-31-111(32-37-114)33-42-136-80-23-22-75(66(3)88(80)98)86-87-94(103-64-104-95(87)139-90(86)67-16-19-71(99)20-17-67)138-81(96(122)123)58-68-11-6-8-14-78(68)137-63-73-26-30-101-91(105-73)76-12-7-9-15-79(76)125-5/h6-9,11-12,14-26,30,57,59,64-65,77,81,89H,10,13,27-29,31-56,58,60-63H2,1-5H3,(H7-,100,102,106,107,108,115,118,119,120,121,122,123,124)/p+1/t77-,81+,89-/m0/s1. The lowest BCUT2D eigenvalue weighted by atomic mass is 9.96. The molecule has 0 radical (unpaired) electrons. The zero-order valence-electron chi connectivity index (χ0n) is 78.6. The molecule has 8 N–H and O–H groups in total. The number of nitrogens with one attached hydrogen (secondary N) is 4. The topological polar surface area (TPSA) is 469 Å². The maximum Gasteiger partial charge on any atom is 0.345 e. The lowest BCUT2D eigenvalue weighted by Crippen LogP contribution is -2.57. The number of para-hydroxylation sites is 2.